The number of ether oxygens (including phenoxy) is 2. The zero-order valence-corrected chi connectivity index (χ0v) is 20.3. The van der Waals surface area contributed by atoms with Crippen LogP contribution in [0, 0.1) is 24.6 Å². The first-order chi connectivity index (χ1) is 17.5. The number of carbonyl (C=O) groups excluding carboxylic acids is 1. The topological polar surface area (TPSA) is 69.0 Å². The number of methoxy groups -OCH3 is 1. The first kappa shape index (κ1) is 23.4. The summed E-state index contributed by atoms with van der Waals surface area (Å²) in [6, 6.07) is 11.9. The summed E-state index contributed by atoms with van der Waals surface area (Å²) in [5.74, 6) is 6.11. The summed E-state index contributed by atoms with van der Waals surface area (Å²) in [7, 11) is 1.41. The molecule has 0 N–H and O–H groups in total. The van der Waals surface area contributed by atoms with Gasteiger partial charge >= 0.3 is 0 Å². The minimum atomic E-state index is -0.557. The second-order valence-electron chi connectivity index (χ2n) is 8.52. The highest BCUT2D eigenvalue weighted by Gasteiger charge is 2.33. The minimum absolute atomic E-state index is 0.0813. The van der Waals surface area contributed by atoms with Crippen LogP contribution in [0.5, 0.6) is 17.2 Å². The maximum Gasteiger partial charge on any atom is 0.299 e. The molecule has 4 aromatic rings. The first-order valence-electron chi connectivity index (χ1n) is 11.7. The van der Waals surface area contributed by atoms with Crippen LogP contribution in [0.15, 0.2) is 54.9 Å². The van der Waals surface area contributed by atoms with Crippen molar-refractivity contribution >= 4 is 11.4 Å². The third-order valence-corrected chi connectivity index (χ3v) is 6.30. The van der Waals surface area contributed by atoms with E-state index in [4.69, 9.17) is 14.5 Å². The molecule has 0 aliphatic carbocycles. The maximum absolute atomic E-state index is 14.5. The predicted molar refractivity (Wildman–Crippen MR) is 133 cm³/mol. The van der Waals surface area contributed by atoms with Gasteiger partial charge in [-0.3, -0.25) is 14.2 Å². The first-order valence-corrected chi connectivity index (χ1v) is 11.7. The van der Waals surface area contributed by atoms with Crippen LogP contribution in [0.2, 0.25) is 0 Å². The number of likely N-dealkylation sites (tertiary alicyclic amines) is 1. The Morgan fingerprint density at radius 3 is 2.67 bits per heavy atom. The van der Waals surface area contributed by atoms with Gasteiger partial charge in [-0.15, -0.1) is 0 Å². The summed E-state index contributed by atoms with van der Waals surface area (Å²) in [5.41, 5.74) is 3.38. The van der Waals surface area contributed by atoms with Crippen molar-refractivity contribution < 1.29 is 18.7 Å². The van der Waals surface area contributed by atoms with Gasteiger partial charge in [0.05, 0.1) is 30.6 Å². The third-order valence-electron chi connectivity index (χ3n) is 6.30. The third kappa shape index (κ3) is 4.13. The molecule has 0 saturated carbocycles. The van der Waals surface area contributed by atoms with Crippen molar-refractivity contribution in [3.8, 4) is 40.3 Å². The van der Waals surface area contributed by atoms with E-state index in [0.29, 0.717) is 12.3 Å². The Kier molecular flexibility index (Phi) is 6.30. The number of carbonyl (C=O) groups is 1. The molecular weight excluding hydrogens is 459 g/mol. The lowest BCUT2D eigenvalue weighted by atomic mass is 10.1. The molecule has 0 bridgehead atoms. The molecular formula is C28H25FN4O3. The fraction of sp³-hybridized carbons (Fsp3) is 0.250. The Hall–Kier alpha value is -4.38. The fourth-order valence-electron chi connectivity index (χ4n) is 4.64. The molecule has 1 saturated heterocycles. The summed E-state index contributed by atoms with van der Waals surface area (Å²) >= 11 is 0. The van der Waals surface area contributed by atoms with E-state index >= 15 is 0 Å². The zero-order valence-electron chi connectivity index (χ0n) is 20.3. The number of imidazole rings is 1. The van der Waals surface area contributed by atoms with Gasteiger partial charge in [-0.2, -0.15) is 4.39 Å². The maximum atomic E-state index is 14.5. The Morgan fingerprint density at radius 1 is 1.14 bits per heavy atom. The van der Waals surface area contributed by atoms with Crippen molar-refractivity contribution in [2.75, 3.05) is 13.7 Å². The number of fused-ring (bicyclic) bond motifs is 1. The number of rotatable bonds is 5. The zero-order chi connectivity index (χ0) is 25.2. The summed E-state index contributed by atoms with van der Waals surface area (Å²) in [5, 5.41) is 0. The Morgan fingerprint density at radius 2 is 1.92 bits per heavy atom. The Labute approximate surface area is 208 Å². The van der Waals surface area contributed by atoms with Crippen LogP contribution in [0.25, 0.3) is 16.8 Å². The lowest BCUT2D eigenvalue weighted by Crippen LogP contribution is -2.30. The van der Waals surface area contributed by atoms with E-state index in [1.54, 1.807) is 48.5 Å². The van der Waals surface area contributed by atoms with Crippen molar-refractivity contribution in [1.82, 2.24) is 19.3 Å². The molecule has 7 nitrogen and oxygen atoms in total. The molecule has 1 atom stereocenters. The van der Waals surface area contributed by atoms with Crippen LogP contribution in [-0.2, 0) is 4.79 Å². The molecule has 36 heavy (non-hydrogen) atoms. The van der Waals surface area contributed by atoms with Gasteiger partial charge in [-0.1, -0.05) is 12.0 Å². The molecule has 1 amide bonds. The number of amides is 1. The molecule has 8 heteroatoms. The summed E-state index contributed by atoms with van der Waals surface area (Å²) in [4.78, 5) is 23.8. The van der Waals surface area contributed by atoms with Crippen LogP contribution in [-0.4, -0.2) is 38.8 Å². The van der Waals surface area contributed by atoms with Crippen LogP contribution in [0.4, 0.5) is 4.39 Å². The van der Waals surface area contributed by atoms with Gasteiger partial charge in [0, 0.05) is 24.0 Å². The van der Waals surface area contributed by atoms with Crippen LogP contribution in [0.1, 0.15) is 37.3 Å². The van der Waals surface area contributed by atoms with Crippen molar-refractivity contribution in [2.45, 2.75) is 32.7 Å². The predicted octanol–water partition coefficient (Wildman–Crippen LogP) is 5.33. The number of benzene rings is 2. The van der Waals surface area contributed by atoms with Gasteiger partial charge in [-0.25, -0.2) is 4.98 Å². The van der Waals surface area contributed by atoms with E-state index in [0.717, 1.165) is 41.1 Å². The van der Waals surface area contributed by atoms with Gasteiger partial charge in [0.1, 0.15) is 11.6 Å². The van der Waals surface area contributed by atoms with E-state index in [2.05, 4.69) is 21.2 Å². The van der Waals surface area contributed by atoms with Gasteiger partial charge in [0.25, 0.3) is 5.91 Å². The lowest BCUT2D eigenvalue weighted by molar-refractivity contribution is -0.126. The smallest absolute Gasteiger partial charge is 0.299 e. The molecule has 5 rings (SSSR count). The van der Waals surface area contributed by atoms with Crippen LogP contribution >= 0.6 is 0 Å². The minimum Gasteiger partial charge on any atom is -0.494 e. The summed E-state index contributed by atoms with van der Waals surface area (Å²) in [6.45, 7) is 4.29. The van der Waals surface area contributed by atoms with E-state index in [-0.39, 0.29) is 23.4 Å². The highest BCUT2D eigenvalue weighted by atomic mass is 19.1. The average Bonchev–Trinajstić information content (AvgIpc) is 3.52. The van der Waals surface area contributed by atoms with Crippen molar-refractivity contribution in [1.29, 1.82) is 0 Å². The normalized spacial score (nSPS) is 15.0. The van der Waals surface area contributed by atoms with Gasteiger partial charge in [-0.05, 0) is 69.0 Å². The molecule has 1 aliphatic rings. The molecule has 2 aromatic heterocycles. The lowest BCUT2D eigenvalue weighted by Gasteiger charge is -2.22. The average molecular weight is 485 g/mol. The number of aromatic nitrogens is 3. The van der Waals surface area contributed by atoms with Crippen LogP contribution < -0.4 is 9.47 Å². The molecule has 0 radical (unpaired) electrons. The second-order valence-corrected chi connectivity index (χ2v) is 8.52. The molecule has 0 spiro atoms. The van der Waals surface area contributed by atoms with E-state index in [1.807, 2.05) is 19.1 Å². The molecule has 1 fully saturated rings. The molecule has 1 aliphatic heterocycles. The van der Waals surface area contributed by atoms with Crippen LogP contribution in [0.3, 0.4) is 0 Å². The summed E-state index contributed by atoms with van der Waals surface area (Å²) in [6.07, 6.45) is 5.27. The van der Waals surface area contributed by atoms with E-state index in [9.17, 15) is 9.18 Å². The van der Waals surface area contributed by atoms with Crippen molar-refractivity contribution in [2.24, 2.45) is 0 Å². The summed E-state index contributed by atoms with van der Waals surface area (Å²) < 4.78 is 27.3. The Bertz CT molecular complexity index is 1500. The number of halogens is 1. The SMILES string of the molecule is CC#CC(=O)N1CCC[C@H]1c1nc(-c2ccc(Oc3cccc(OC)c3F)cc2)c2cncc(C)n12. The molecule has 2 aromatic carbocycles. The number of nitrogens with zero attached hydrogens (tertiary/aromatic N) is 4. The standard InChI is InChI=1S/C28H25FN4O3/c1-4-7-25(34)32-15-6-8-21(32)28-31-27(22-17-30-16-18(2)33(22)28)19-11-13-20(14-12-19)36-24-10-5-9-23(35-3)26(24)29/h5,9-14,16-17,21H,6,8,15H2,1-3H3/t21-/m0/s1. The largest absolute Gasteiger partial charge is 0.494 e. The van der Waals surface area contributed by atoms with Crippen molar-refractivity contribution in [3.63, 3.8) is 0 Å². The van der Waals surface area contributed by atoms with Crippen molar-refractivity contribution in [3.05, 3.63) is 72.2 Å². The fourth-order valence-corrected chi connectivity index (χ4v) is 4.64. The quantitative estimate of drug-likeness (QED) is 0.358. The number of hydrogen-bond acceptors (Lipinski definition) is 5. The van der Waals surface area contributed by atoms with Gasteiger partial charge in [0.15, 0.2) is 11.5 Å². The monoisotopic (exact) mass is 484 g/mol. The Balaban J connectivity index is 1.51. The molecule has 3 heterocycles. The number of aryl methyl sites for hydroxylation is 1. The molecule has 0 unspecified atom stereocenters. The number of hydrogen-bond donors (Lipinski definition) is 0. The molecule has 182 valence electrons. The van der Waals surface area contributed by atoms with E-state index in [1.165, 1.54) is 13.2 Å². The highest BCUT2D eigenvalue weighted by molar-refractivity contribution is 5.94. The highest BCUT2D eigenvalue weighted by Crippen LogP contribution is 2.36. The second kappa shape index (κ2) is 9.70. The van der Waals surface area contributed by atoms with Gasteiger partial charge < -0.3 is 14.4 Å². The van der Waals surface area contributed by atoms with Gasteiger partial charge in [0.2, 0.25) is 5.82 Å². The van der Waals surface area contributed by atoms with E-state index < -0.39 is 5.82 Å².